The van der Waals surface area contributed by atoms with Gasteiger partial charge in [-0.3, -0.25) is 0 Å². The number of thiophene rings is 1. The van der Waals surface area contributed by atoms with E-state index in [1.54, 1.807) is 11.3 Å². The van der Waals surface area contributed by atoms with Gasteiger partial charge in [0.25, 0.3) is 0 Å². The summed E-state index contributed by atoms with van der Waals surface area (Å²) in [5, 5.41) is 10.5. The summed E-state index contributed by atoms with van der Waals surface area (Å²) in [6.07, 6.45) is 0.913. The van der Waals surface area contributed by atoms with Gasteiger partial charge in [-0.15, -0.1) is 0 Å². The van der Waals surface area contributed by atoms with Crippen molar-refractivity contribution in [1.29, 1.82) is 0 Å². The summed E-state index contributed by atoms with van der Waals surface area (Å²) in [5.41, 5.74) is 1.21. The summed E-state index contributed by atoms with van der Waals surface area (Å²) < 4.78 is 5.51. The van der Waals surface area contributed by atoms with Gasteiger partial charge in [-0.25, -0.2) is 0 Å². The lowest BCUT2D eigenvalue weighted by atomic mass is 10.2. The zero-order chi connectivity index (χ0) is 15.1. The first-order valence-corrected chi connectivity index (χ1v) is 8.08. The topological polar surface area (TPSA) is 72.0 Å². The van der Waals surface area contributed by atoms with E-state index in [2.05, 4.69) is 49.3 Å². The van der Waals surface area contributed by atoms with E-state index in [0.29, 0.717) is 24.5 Å². The van der Waals surface area contributed by atoms with E-state index in [-0.39, 0.29) is 6.04 Å². The molecule has 0 saturated heterocycles. The Bertz CT molecular complexity index is 546. The molecule has 1 atom stereocenters. The van der Waals surface area contributed by atoms with Crippen LogP contribution in [-0.4, -0.2) is 28.1 Å². The van der Waals surface area contributed by atoms with E-state index in [1.807, 2.05) is 13.8 Å². The molecule has 2 aromatic rings. The summed E-state index contributed by atoms with van der Waals surface area (Å²) in [6.45, 7) is 7.46. The average molecular weight is 307 g/mol. The van der Waals surface area contributed by atoms with Crippen molar-refractivity contribution in [3.05, 3.63) is 22.4 Å². The quantitative estimate of drug-likeness (QED) is 0.779. The Balaban J connectivity index is 2.14. The lowest BCUT2D eigenvalue weighted by Gasteiger charge is -2.14. The van der Waals surface area contributed by atoms with Crippen LogP contribution in [0.15, 0.2) is 16.8 Å². The maximum atomic E-state index is 5.51. The molecule has 0 bridgehead atoms. The van der Waals surface area contributed by atoms with Gasteiger partial charge >= 0.3 is 6.01 Å². The van der Waals surface area contributed by atoms with Crippen LogP contribution in [0.2, 0.25) is 0 Å². The molecular weight excluding hydrogens is 286 g/mol. The summed E-state index contributed by atoms with van der Waals surface area (Å²) >= 11 is 1.67. The fourth-order valence-electron chi connectivity index (χ4n) is 1.71. The Kier molecular flexibility index (Phi) is 5.74. The zero-order valence-corrected chi connectivity index (χ0v) is 13.4. The van der Waals surface area contributed by atoms with E-state index in [1.165, 1.54) is 5.56 Å². The van der Waals surface area contributed by atoms with Crippen LogP contribution >= 0.6 is 11.3 Å². The SMILES string of the molecule is CCCOc1nc(NCC)nc(NC(C)c2ccsc2)n1. The molecule has 21 heavy (non-hydrogen) atoms. The van der Waals surface area contributed by atoms with Crippen LogP contribution in [0.1, 0.15) is 38.8 Å². The number of hydrogen-bond acceptors (Lipinski definition) is 7. The standard InChI is InChI=1S/C14H21N5OS/c1-4-7-20-14-18-12(15-5-2)17-13(19-14)16-10(3)11-6-8-21-9-11/h6,8-10H,4-5,7H2,1-3H3,(H2,15,16,17,18,19). The normalized spacial score (nSPS) is 12.0. The predicted molar refractivity (Wildman–Crippen MR) is 86.1 cm³/mol. The first kappa shape index (κ1) is 15.5. The Hall–Kier alpha value is -1.89. The first-order valence-electron chi connectivity index (χ1n) is 7.14. The first-order chi connectivity index (χ1) is 10.2. The minimum Gasteiger partial charge on any atom is -0.463 e. The molecule has 0 aliphatic heterocycles. The summed E-state index contributed by atoms with van der Waals surface area (Å²) in [7, 11) is 0. The Morgan fingerprint density at radius 1 is 1.24 bits per heavy atom. The highest BCUT2D eigenvalue weighted by Crippen LogP contribution is 2.20. The van der Waals surface area contributed by atoms with E-state index in [4.69, 9.17) is 4.74 Å². The molecule has 2 heterocycles. The van der Waals surface area contributed by atoms with Crippen LogP contribution in [0, 0.1) is 0 Å². The van der Waals surface area contributed by atoms with E-state index >= 15 is 0 Å². The van der Waals surface area contributed by atoms with Crippen LogP contribution in [-0.2, 0) is 0 Å². The second-order valence-corrected chi connectivity index (χ2v) is 5.35. The third-order valence-corrected chi connectivity index (χ3v) is 3.48. The Morgan fingerprint density at radius 2 is 2.05 bits per heavy atom. The molecule has 0 aliphatic rings. The predicted octanol–water partition coefficient (Wildman–Crippen LogP) is 3.33. The zero-order valence-electron chi connectivity index (χ0n) is 12.6. The van der Waals surface area contributed by atoms with Crippen LogP contribution in [0.5, 0.6) is 6.01 Å². The Morgan fingerprint density at radius 3 is 2.71 bits per heavy atom. The number of nitrogens with zero attached hydrogens (tertiary/aromatic N) is 3. The van der Waals surface area contributed by atoms with Gasteiger partial charge in [0.05, 0.1) is 12.6 Å². The molecule has 1 unspecified atom stereocenters. The molecule has 0 amide bonds. The minimum atomic E-state index is 0.132. The van der Waals surface area contributed by atoms with Gasteiger partial charge in [-0.05, 0) is 42.7 Å². The largest absolute Gasteiger partial charge is 0.463 e. The van der Waals surface area contributed by atoms with Crippen molar-refractivity contribution in [1.82, 2.24) is 15.0 Å². The third kappa shape index (κ3) is 4.56. The minimum absolute atomic E-state index is 0.132. The molecule has 0 aliphatic carbocycles. The number of hydrogen-bond donors (Lipinski definition) is 2. The third-order valence-electron chi connectivity index (χ3n) is 2.77. The molecule has 7 heteroatoms. The molecule has 0 spiro atoms. The van der Waals surface area contributed by atoms with Crippen LogP contribution < -0.4 is 15.4 Å². The number of ether oxygens (including phenoxy) is 1. The highest BCUT2D eigenvalue weighted by atomic mass is 32.1. The van der Waals surface area contributed by atoms with Crippen molar-refractivity contribution in [2.75, 3.05) is 23.8 Å². The van der Waals surface area contributed by atoms with Gasteiger partial charge in [-0.1, -0.05) is 6.92 Å². The van der Waals surface area contributed by atoms with Crippen molar-refractivity contribution in [3.63, 3.8) is 0 Å². The lowest BCUT2D eigenvalue weighted by molar-refractivity contribution is 0.292. The maximum absolute atomic E-state index is 5.51. The summed E-state index contributed by atoms with van der Waals surface area (Å²) in [4.78, 5) is 12.9. The van der Waals surface area contributed by atoms with Crippen molar-refractivity contribution in [2.45, 2.75) is 33.2 Å². The van der Waals surface area contributed by atoms with Crippen molar-refractivity contribution in [2.24, 2.45) is 0 Å². The maximum Gasteiger partial charge on any atom is 0.323 e. The second-order valence-electron chi connectivity index (χ2n) is 4.57. The highest BCUT2D eigenvalue weighted by Gasteiger charge is 2.11. The van der Waals surface area contributed by atoms with Gasteiger partial charge in [0.2, 0.25) is 11.9 Å². The molecule has 0 radical (unpaired) electrons. The second kappa shape index (κ2) is 7.78. The smallest absolute Gasteiger partial charge is 0.323 e. The molecule has 2 rings (SSSR count). The number of rotatable bonds is 8. The van der Waals surface area contributed by atoms with Crippen LogP contribution in [0.3, 0.4) is 0 Å². The van der Waals surface area contributed by atoms with Crippen molar-refractivity contribution < 1.29 is 4.74 Å². The Labute approximate surface area is 129 Å². The van der Waals surface area contributed by atoms with Gasteiger partial charge < -0.3 is 15.4 Å². The monoisotopic (exact) mass is 307 g/mol. The molecule has 6 nitrogen and oxygen atoms in total. The van der Waals surface area contributed by atoms with Crippen molar-refractivity contribution >= 4 is 23.2 Å². The summed E-state index contributed by atoms with van der Waals surface area (Å²) in [5.74, 6) is 1.05. The molecule has 0 saturated carbocycles. The van der Waals surface area contributed by atoms with E-state index in [0.717, 1.165) is 13.0 Å². The van der Waals surface area contributed by atoms with Crippen molar-refractivity contribution in [3.8, 4) is 6.01 Å². The number of anilines is 2. The number of nitrogens with one attached hydrogen (secondary N) is 2. The van der Waals surface area contributed by atoms with Gasteiger partial charge in [-0.2, -0.15) is 26.3 Å². The fraction of sp³-hybridized carbons (Fsp3) is 0.500. The average Bonchev–Trinajstić information content (AvgIpc) is 2.99. The fourth-order valence-corrected chi connectivity index (χ4v) is 2.47. The van der Waals surface area contributed by atoms with E-state index in [9.17, 15) is 0 Å². The molecule has 2 N–H and O–H groups in total. The molecule has 114 valence electrons. The lowest BCUT2D eigenvalue weighted by Crippen LogP contribution is -2.13. The highest BCUT2D eigenvalue weighted by molar-refractivity contribution is 7.07. The molecular formula is C14H21N5OS. The molecule has 0 aromatic carbocycles. The molecule has 0 fully saturated rings. The van der Waals surface area contributed by atoms with Gasteiger partial charge in [0.1, 0.15) is 0 Å². The summed E-state index contributed by atoms with van der Waals surface area (Å²) in [6, 6.07) is 2.57. The van der Waals surface area contributed by atoms with Gasteiger partial charge in [0.15, 0.2) is 0 Å². The number of aromatic nitrogens is 3. The molecule has 2 aromatic heterocycles. The van der Waals surface area contributed by atoms with Crippen LogP contribution in [0.4, 0.5) is 11.9 Å². The van der Waals surface area contributed by atoms with Crippen LogP contribution in [0.25, 0.3) is 0 Å². The van der Waals surface area contributed by atoms with E-state index < -0.39 is 0 Å². The van der Waals surface area contributed by atoms with Gasteiger partial charge in [0, 0.05) is 6.54 Å².